The van der Waals surface area contributed by atoms with Crippen molar-refractivity contribution < 1.29 is 9.21 Å². The second-order valence-corrected chi connectivity index (χ2v) is 5.94. The average molecular weight is 321 g/mol. The van der Waals surface area contributed by atoms with E-state index in [2.05, 4.69) is 20.6 Å². The van der Waals surface area contributed by atoms with Crippen molar-refractivity contribution >= 4 is 23.2 Å². The third-order valence-electron chi connectivity index (χ3n) is 2.97. The number of hydrogen-bond donors (Lipinski definition) is 3. The van der Waals surface area contributed by atoms with Crippen molar-refractivity contribution in [3.63, 3.8) is 0 Å². The van der Waals surface area contributed by atoms with E-state index in [0.717, 1.165) is 10.7 Å². The number of rotatable bonds is 5. The van der Waals surface area contributed by atoms with Gasteiger partial charge in [-0.3, -0.25) is 9.79 Å². The van der Waals surface area contributed by atoms with Gasteiger partial charge in [0, 0.05) is 11.9 Å². The van der Waals surface area contributed by atoms with Gasteiger partial charge in [-0.1, -0.05) is 0 Å². The van der Waals surface area contributed by atoms with Crippen LogP contribution in [0.15, 0.2) is 21.5 Å². The number of nitrogens with one attached hydrogen (secondary N) is 2. The normalized spacial score (nSPS) is 11.5. The van der Waals surface area contributed by atoms with Crippen LogP contribution < -0.4 is 16.4 Å². The Morgan fingerprint density at radius 3 is 2.64 bits per heavy atom. The van der Waals surface area contributed by atoms with Crippen molar-refractivity contribution in [3.8, 4) is 0 Å². The van der Waals surface area contributed by atoms with Gasteiger partial charge in [-0.2, -0.15) is 0 Å². The molecule has 0 saturated carbocycles. The summed E-state index contributed by atoms with van der Waals surface area (Å²) in [5.74, 6) is 0.823. The van der Waals surface area contributed by atoms with Gasteiger partial charge in [0.05, 0.1) is 23.8 Å². The predicted octanol–water partition coefficient (Wildman–Crippen LogP) is 1.32. The number of carbonyl (C=O) groups excluding carboxylic acids is 1. The van der Waals surface area contributed by atoms with E-state index in [-0.39, 0.29) is 5.76 Å². The van der Waals surface area contributed by atoms with Crippen LogP contribution >= 0.6 is 11.3 Å². The molecule has 0 aliphatic rings. The molecule has 0 unspecified atom stereocenters. The number of aromatic nitrogens is 1. The van der Waals surface area contributed by atoms with Crippen LogP contribution in [0.3, 0.4) is 0 Å². The molecule has 118 valence electrons. The Bertz CT molecular complexity index is 689. The number of aryl methyl sites for hydroxylation is 2. The van der Waals surface area contributed by atoms with E-state index < -0.39 is 5.91 Å². The molecule has 0 fully saturated rings. The molecular weight excluding hydrogens is 302 g/mol. The molecule has 0 atom stereocenters. The van der Waals surface area contributed by atoms with Gasteiger partial charge in [0.25, 0.3) is 5.91 Å². The number of thiazole rings is 1. The molecule has 1 amide bonds. The maximum absolute atomic E-state index is 11.0. The molecule has 22 heavy (non-hydrogen) atoms. The average Bonchev–Trinajstić information content (AvgIpc) is 3.06. The molecule has 0 saturated heterocycles. The summed E-state index contributed by atoms with van der Waals surface area (Å²) in [6.45, 7) is 5.04. The van der Waals surface area contributed by atoms with Crippen LogP contribution in [0.4, 0.5) is 0 Å². The summed E-state index contributed by atoms with van der Waals surface area (Å²) in [5, 5.41) is 7.38. The van der Waals surface area contributed by atoms with Crippen LogP contribution in [0.1, 0.15) is 31.9 Å². The number of aliphatic imine (C=N–C) groups is 1. The van der Waals surface area contributed by atoms with Crippen molar-refractivity contribution in [1.29, 1.82) is 0 Å². The fourth-order valence-electron chi connectivity index (χ4n) is 1.90. The SMILES string of the molecule is CN=C(NCc1ccc(C(N)=O)o1)NCc1sc(C)nc1C. The monoisotopic (exact) mass is 321 g/mol. The number of carbonyl (C=O) groups is 1. The maximum atomic E-state index is 11.0. The molecular formula is C14H19N5O2S. The zero-order valence-corrected chi connectivity index (χ0v) is 13.6. The number of furan rings is 1. The van der Waals surface area contributed by atoms with Gasteiger partial charge in [0.2, 0.25) is 0 Å². The minimum absolute atomic E-state index is 0.149. The summed E-state index contributed by atoms with van der Waals surface area (Å²) in [5.41, 5.74) is 6.17. The Hall–Kier alpha value is -2.35. The van der Waals surface area contributed by atoms with Gasteiger partial charge < -0.3 is 20.8 Å². The van der Waals surface area contributed by atoms with Gasteiger partial charge in [0.15, 0.2) is 11.7 Å². The van der Waals surface area contributed by atoms with Gasteiger partial charge in [-0.05, 0) is 26.0 Å². The third-order valence-corrected chi connectivity index (χ3v) is 4.05. The molecule has 7 nitrogen and oxygen atoms in total. The molecule has 0 aliphatic heterocycles. The van der Waals surface area contributed by atoms with Crippen LogP contribution in [0.25, 0.3) is 0 Å². The Morgan fingerprint density at radius 1 is 1.36 bits per heavy atom. The highest BCUT2D eigenvalue weighted by Crippen LogP contribution is 2.16. The maximum Gasteiger partial charge on any atom is 0.284 e. The van der Waals surface area contributed by atoms with E-state index in [0.29, 0.717) is 24.8 Å². The highest BCUT2D eigenvalue weighted by Gasteiger charge is 2.08. The zero-order valence-electron chi connectivity index (χ0n) is 12.8. The Morgan fingerprint density at radius 2 is 2.09 bits per heavy atom. The van der Waals surface area contributed by atoms with Crippen molar-refractivity contribution in [2.24, 2.45) is 10.7 Å². The Labute approximate surface area is 132 Å². The smallest absolute Gasteiger partial charge is 0.284 e. The number of nitrogens with zero attached hydrogens (tertiary/aromatic N) is 2. The second-order valence-electron chi connectivity index (χ2n) is 4.65. The molecule has 2 aromatic heterocycles. The topological polar surface area (TPSA) is 106 Å². The van der Waals surface area contributed by atoms with Crippen molar-refractivity contribution in [3.05, 3.63) is 39.2 Å². The Kier molecular flexibility index (Phi) is 5.16. The van der Waals surface area contributed by atoms with Gasteiger partial charge >= 0.3 is 0 Å². The molecule has 2 aromatic rings. The number of hydrogen-bond acceptors (Lipinski definition) is 5. The van der Waals surface area contributed by atoms with Crippen molar-refractivity contribution in [2.75, 3.05) is 7.05 Å². The van der Waals surface area contributed by atoms with Crippen molar-refractivity contribution in [1.82, 2.24) is 15.6 Å². The fourth-order valence-corrected chi connectivity index (χ4v) is 2.78. The molecule has 0 radical (unpaired) electrons. The summed E-state index contributed by atoms with van der Waals surface area (Å²) in [6.07, 6.45) is 0. The van der Waals surface area contributed by atoms with Crippen LogP contribution in [-0.4, -0.2) is 23.9 Å². The molecule has 2 rings (SSSR count). The van der Waals surface area contributed by atoms with Crippen LogP contribution in [0.2, 0.25) is 0 Å². The number of primary amides is 1. The first-order chi connectivity index (χ1) is 10.5. The minimum Gasteiger partial charge on any atom is -0.454 e. The molecule has 0 aromatic carbocycles. The van der Waals surface area contributed by atoms with Gasteiger partial charge in [-0.25, -0.2) is 4.98 Å². The summed E-state index contributed by atoms with van der Waals surface area (Å²) in [7, 11) is 1.69. The van der Waals surface area contributed by atoms with Crippen molar-refractivity contribution in [2.45, 2.75) is 26.9 Å². The lowest BCUT2D eigenvalue weighted by atomic mass is 10.4. The summed E-state index contributed by atoms with van der Waals surface area (Å²) in [4.78, 5) is 20.7. The van der Waals surface area contributed by atoms with Crippen LogP contribution in [0.5, 0.6) is 0 Å². The first-order valence-electron chi connectivity index (χ1n) is 6.75. The highest BCUT2D eigenvalue weighted by atomic mass is 32.1. The van der Waals surface area contributed by atoms with Crippen LogP contribution in [-0.2, 0) is 13.1 Å². The Balaban J connectivity index is 1.87. The van der Waals surface area contributed by atoms with E-state index in [4.69, 9.17) is 10.2 Å². The molecule has 8 heteroatoms. The number of guanidine groups is 1. The quantitative estimate of drug-likeness (QED) is 0.569. The molecule has 4 N–H and O–H groups in total. The fraction of sp³-hybridized carbons (Fsp3) is 0.357. The van der Waals surface area contributed by atoms with E-state index in [1.54, 1.807) is 30.5 Å². The molecule has 2 heterocycles. The van der Waals surface area contributed by atoms with E-state index in [1.807, 2.05) is 13.8 Å². The standard InChI is InChI=1S/C14H19N5O2S/c1-8-12(22-9(2)19-8)7-18-14(16-3)17-6-10-4-5-11(21-10)13(15)20/h4-5H,6-7H2,1-3H3,(H2,15,20)(H2,16,17,18). The largest absolute Gasteiger partial charge is 0.454 e. The summed E-state index contributed by atoms with van der Waals surface area (Å²) >= 11 is 1.66. The predicted molar refractivity (Wildman–Crippen MR) is 85.9 cm³/mol. The van der Waals surface area contributed by atoms with E-state index >= 15 is 0 Å². The minimum atomic E-state index is -0.579. The summed E-state index contributed by atoms with van der Waals surface area (Å²) < 4.78 is 5.30. The lowest BCUT2D eigenvalue weighted by molar-refractivity contribution is 0.0972. The van der Waals surface area contributed by atoms with E-state index in [1.165, 1.54) is 4.88 Å². The van der Waals surface area contributed by atoms with Gasteiger partial charge in [0.1, 0.15) is 5.76 Å². The molecule has 0 bridgehead atoms. The summed E-state index contributed by atoms with van der Waals surface area (Å²) in [6, 6.07) is 3.26. The van der Waals surface area contributed by atoms with Gasteiger partial charge in [-0.15, -0.1) is 11.3 Å². The molecule has 0 aliphatic carbocycles. The number of amides is 1. The first kappa shape index (κ1) is 16.0. The van der Waals surface area contributed by atoms with E-state index in [9.17, 15) is 4.79 Å². The lowest BCUT2D eigenvalue weighted by Crippen LogP contribution is -2.36. The number of nitrogens with two attached hydrogens (primary N) is 1. The second kappa shape index (κ2) is 7.08. The van der Waals surface area contributed by atoms with Crippen LogP contribution in [0, 0.1) is 13.8 Å². The first-order valence-corrected chi connectivity index (χ1v) is 7.57. The molecule has 0 spiro atoms. The highest BCUT2D eigenvalue weighted by molar-refractivity contribution is 7.11. The third kappa shape index (κ3) is 4.08. The lowest BCUT2D eigenvalue weighted by Gasteiger charge is -2.10. The zero-order chi connectivity index (χ0) is 16.1.